The van der Waals surface area contributed by atoms with Crippen LogP contribution in [0.1, 0.15) is 42.3 Å². The molecule has 198 valence electrons. The number of hydrogen-bond acceptors (Lipinski definition) is 8. The van der Waals surface area contributed by atoms with Gasteiger partial charge in [-0.3, -0.25) is 14.2 Å². The minimum Gasteiger partial charge on any atom is -0.441 e. The second-order valence-corrected chi connectivity index (χ2v) is 10.7. The number of H-pyrrole nitrogens is 1. The molecule has 3 aliphatic carbocycles. The van der Waals surface area contributed by atoms with E-state index >= 15 is 4.39 Å². The number of ether oxygens (including phenoxy) is 2. The SMILES string of the molecule is Cc1cnn(C)c1-c1c(C)nc(Nc2cc([C@@H]3OC[C@H](OC(=O)NC45CC(C4)C5)[C@H]3F)[nH]n2)n2ccnc12. The van der Waals surface area contributed by atoms with Crippen LogP contribution in [0.25, 0.3) is 16.9 Å². The number of aromatic amines is 1. The zero-order valence-corrected chi connectivity index (χ0v) is 21.2. The number of anilines is 2. The smallest absolute Gasteiger partial charge is 0.408 e. The highest BCUT2D eigenvalue weighted by atomic mass is 19.1. The van der Waals surface area contributed by atoms with Crippen LogP contribution in [0.3, 0.4) is 0 Å². The summed E-state index contributed by atoms with van der Waals surface area (Å²) in [6.45, 7) is 3.89. The second-order valence-electron chi connectivity index (χ2n) is 10.7. The number of aryl methyl sites for hydroxylation is 3. The number of hydrogen-bond donors (Lipinski definition) is 3. The molecule has 3 saturated carbocycles. The number of carbonyl (C=O) groups excluding carboxylic acids is 1. The quantitative estimate of drug-likeness (QED) is 0.352. The van der Waals surface area contributed by atoms with Crippen LogP contribution < -0.4 is 10.6 Å². The number of fused-ring (bicyclic) bond motifs is 1. The van der Waals surface area contributed by atoms with Gasteiger partial charge in [0, 0.05) is 31.0 Å². The molecule has 3 N–H and O–H groups in total. The summed E-state index contributed by atoms with van der Waals surface area (Å²) < 4.78 is 29.9. The number of alkyl carbamates (subject to hydrolysis) is 1. The fraction of sp³-hybridized carbons (Fsp3) is 0.480. The van der Waals surface area contributed by atoms with E-state index in [0.717, 1.165) is 53.3 Å². The van der Waals surface area contributed by atoms with E-state index in [-0.39, 0.29) is 12.1 Å². The molecule has 0 aromatic carbocycles. The molecule has 4 aromatic rings. The molecule has 0 spiro atoms. The molecular formula is C25H28FN9O3. The monoisotopic (exact) mass is 521 g/mol. The lowest BCUT2D eigenvalue weighted by Gasteiger charge is -2.61. The van der Waals surface area contributed by atoms with Crippen LogP contribution in [0.2, 0.25) is 0 Å². The van der Waals surface area contributed by atoms with Gasteiger partial charge in [0.15, 0.2) is 23.7 Å². The van der Waals surface area contributed by atoms with E-state index in [0.29, 0.717) is 17.5 Å². The molecule has 4 aromatic heterocycles. The Labute approximate surface area is 216 Å². The second kappa shape index (κ2) is 8.25. The molecule has 4 aliphatic rings. The number of aromatic nitrogens is 7. The van der Waals surface area contributed by atoms with Crippen molar-refractivity contribution in [2.45, 2.75) is 57.0 Å². The number of nitrogens with one attached hydrogen (secondary N) is 3. The van der Waals surface area contributed by atoms with Crippen LogP contribution in [0.15, 0.2) is 24.7 Å². The summed E-state index contributed by atoms with van der Waals surface area (Å²) in [6, 6.07) is 1.67. The fourth-order valence-corrected chi connectivity index (χ4v) is 5.98. The van der Waals surface area contributed by atoms with E-state index in [1.165, 1.54) is 0 Å². The summed E-state index contributed by atoms with van der Waals surface area (Å²) in [5, 5.41) is 17.6. The van der Waals surface area contributed by atoms with Crippen molar-refractivity contribution in [1.29, 1.82) is 0 Å². The Kier molecular flexibility index (Phi) is 5.02. The van der Waals surface area contributed by atoms with Gasteiger partial charge in [-0.2, -0.15) is 10.2 Å². The minimum absolute atomic E-state index is 0.0258. The Morgan fingerprint density at radius 1 is 1.32 bits per heavy atom. The van der Waals surface area contributed by atoms with E-state index in [1.807, 2.05) is 42.4 Å². The molecule has 38 heavy (non-hydrogen) atoms. The van der Waals surface area contributed by atoms with Crippen LogP contribution >= 0.6 is 0 Å². The van der Waals surface area contributed by atoms with Crippen molar-refractivity contribution in [1.82, 2.24) is 39.7 Å². The third kappa shape index (κ3) is 3.56. The highest BCUT2D eigenvalue weighted by Crippen LogP contribution is 2.57. The van der Waals surface area contributed by atoms with Crippen LogP contribution in [0.4, 0.5) is 21.0 Å². The van der Waals surface area contributed by atoms with E-state index in [4.69, 9.17) is 14.5 Å². The molecule has 1 saturated heterocycles. The third-order valence-electron chi connectivity index (χ3n) is 7.98. The molecule has 1 amide bonds. The number of alkyl halides is 1. The molecule has 13 heteroatoms. The predicted molar refractivity (Wildman–Crippen MR) is 134 cm³/mol. The molecule has 12 nitrogen and oxygen atoms in total. The molecule has 1 aliphatic heterocycles. The van der Waals surface area contributed by atoms with Gasteiger partial charge in [-0.15, -0.1) is 0 Å². The third-order valence-corrected chi connectivity index (χ3v) is 7.98. The lowest BCUT2D eigenvalue weighted by molar-refractivity contribution is -0.0528. The predicted octanol–water partition coefficient (Wildman–Crippen LogP) is 3.27. The Balaban J connectivity index is 1.07. The van der Waals surface area contributed by atoms with E-state index in [2.05, 4.69) is 30.9 Å². The average molecular weight is 522 g/mol. The van der Waals surface area contributed by atoms with Gasteiger partial charge in [0.25, 0.3) is 0 Å². The van der Waals surface area contributed by atoms with E-state index in [1.54, 1.807) is 12.3 Å². The Hall–Kier alpha value is -4.00. The summed E-state index contributed by atoms with van der Waals surface area (Å²) in [6.07, 6.45) is 4.27. The molecule has 5 heterocycles. The van der Waals surface area contributed by atoms with Gasteiger partial charge in [0.05, 0.1) is 35.4 Å². The van der Waals surface area contributed by atoms with Crippen molar-refractivity contribution in [3.05, 3.63) is 41.6 Å². The first-order valence-electron chi connectivity index (χ1n) is 12.7. The van der Waals surface area contributed by atoms with Crippen LogP contribution in [-0.2, 0) is 16.5 Å². The van der Waals surface area contributed by atoms with Gasteiger partial charge < -0.3 is 20.1 Å². The molecule has 2 bridgehead atoms. The van der Waals surface area contributed by atoms with E-state index < -0.39 is 24.5 Å². The fourth-order valence-electron chi connectivity index (χ4n) is 5.98. The number of rotatable bonds is 6. The van der Waals surface area contributed by atoms with Gasteiger partial charge in [0.2, 0.25) is 5.95 Å². The standard InChI is InChI=1S/C25H28FN9O3/c1-12-10-28-34(3)20(12)18-13(2)29-23(35-5-4-27-22(18)35)30-17-6-15(32-33-17)21-19(26)16(11-37-21)38-24(36)31-25-7-14(8-25)9-25/h4-6,10,14,16,19,21H,7-9,11H2,1-3H3,(H,31,36)(H2,29,30,32,33)/t14?,16-,19+,21-,25?/m0/s1. The number of carbonyl (C=O) groups is 1. The van der Waals surface area contributed by atoms with Gasteiger partial charge in [-0.25, -0.2) is 19.2 Å². The number of nitrogens with zero attached hydrogens (tertiary/aromatic N) is 6. The summed E-state index contributed by atoms with van der Waals surface area (Å²) in [5.74, 6) is 1.67. The van der Waals surface area contributed by atoms with E-state index in [9.17, 15) is 4.79 Å². The maximum Gasteiger partial charge on any atom is 0.408 e. The average Bonchev–Trinajstić information content (AvgIpc) is 3.61. The normalized spacial score (nSPS) is 27.7. The van der Waals surface area contributed by atoms with Crippen molar-refractivity contribution in [2.24, 2.45) is 13.0 Å². The molecule has 0 radical (unpaired) electrons. The van der Waals surface area contributed by atoms with Crippen LogP contribution in [0, 0.1) is 19.8 Å². The maximum absolute atomic E-state index is 15.2. The lowest BCUT2D eigenvalue weighted by atomic mass is 9.50. The Bertz CT molecular complexity index is 1520. The number of amides is 1. The first-order valence-corrected chi connectivity index (χ1v) is 12.7. The topological polar surface area (TPSA) is 136 Å². The summed E-state index contributed by atoms with van der Waals surface area (Å²) in [4.78, 5) is 21.6. The number of imidazole rings is 1. The highest BCUT2D eigenvalue weighted by Gasteiger charge is 2.58. The van der Waals surface area contributed by atoms with Crippen molar-refractivity contribution in [3.63, 3.8) is 0 Å². The van der Waals surface area contributed by atoms with Crippen LogP contribution in [0.5, 0.6) is 0 Å². The Morgan fingerprint density at radius 2 is 2.13 bits per heavy atom. The van der Waals surface area contributed by atoms with Gasteiger partial charge in [0.1, 0.15) is 6.10 Å². The van der Waals surface area contributed by atoms with Gasteiger partial charge >= 0.3 is 6.09 Å². The van der Waals surface area contributed by atoms with Crippen molar-refractivity contribution < 1.29 is 18.7 Å². The largest absolute Gasteiger partial charge is 0.441 e. The van der Waals surface area contributed by atoms with Gasteiger partial charge in [-0.05, 0) is 44.6 Å². The summed E-state index contributed by atoms with van der Waals surface area (Å²) in [5.41, 5.74) is 4.67. The highest BCUT2D eigenvalue weighted by molar-refractivity contribution is 5.80. The molecule has 8 rings (SSSR count). The molecule has 4 fully saturated rings. The first kappa shape index (κ1) is 23.1. The van der Waals surface area contributed by atoms with Crippen molar-refractivity contribution in [2.75, 3.05) is 11.9 Å². The molecule has 0 unspecified atom stereocenters. The maximum atomic E-state index is 15.2. The molecule has 3 atom stereocenters. The number of halogens is 1. The zero-order valence-electron chi connectivity index (χ0n) is 21.2. The first-order chi connectivity index (χ1) is 18.3. The van der Waals surface area contributed by atoms with Crippen molar-refractivity contribution >= 4 is 23.5 Å². The summed E-state index contributed by atoms with van der Waals surface area (Å²) >= 11 is 0. The lowest BCUT2D eigenvalue weighted by Crippen LogP contribution is -2.68. The minimum atomic E-state index is -1.52. The van der Waals surface area contributed by atoms with Crippen LogP contribution in [-0.4, -0.2) is 64.9 Å². The zero-order chi connectivity index (χ0) is 26.2. The Morgan fingerprint density at radius 3 is 2.84 bits per heavy atom. The van der Waals surface area contributed by atoms with Crippen molar-refractivity contribution in [3.8, 4) is 11.3 Å². The summed E-state index contributed by atoms with van der Waals surface area (Å²) in [7, 11) is 1.89. The molecular weight excluding hydrogens is 493 g/mol. The van der Waals surface area contributed by atoms with Gasteiger partial charge in [-0.1, -0.05) is 0 Å².